The van der Waals surface area contributed by atoms with Gasteiger partial charge < -0.3 is 0 Å². The summed E-state index contributed by atoms with van der Waals surface area (Å²) in [6, 6.07) is 7.28. The first-order valence-corrected chi connectivity index (χ1v) is 4.85. The van der Waals surface area contributed by atoms with E-state index in [9.17, 15) is 0 Å². The Labute approximate surface area is 92.8 Å². The van der Waals surface area contributed by atoms with Crippen molar-refractivity contribution < 1.29 is 0 Å². The maximum atomic E-state index is 8.69. The van der Waals surface area contributed by atoms with Crippen LogP contribution in [0.15, 0.2) is 23.2 Å². The van der Waals surface area contributed by atoms with Gasteiger partial charge in [-0.1, -0.05) is 6.92 Å². The lowest BCUT2D eigenvalue weighted by atomic mass is 10.1. The molecule has 1 rings (SSSR count). The van der Waals surface area contributed by atoms with Gasteiger partial charge in [-0.25, -0.2) is 4.99 Å². The molecule has 0 unspecified atom stereocenters. The number of aliphatic imine (C=N–C) groups is 1. The second-order valence-electron chi connectivity index (χ2n) is 2.66. The maximum absolute atomic E-state index is 8.69. The van der Waals surface area contributed by atoms with Crippen LogP contribution >= 0.6 is 23.2 Å². The zero-order valence-electron chi connectivity index (χ0n) is 7.59. The molecule has 0 N–H and O–H groups in total. The number of nitrogens with zero attached hydrogens (tertiary/aromatic N) is 2. The molecule has 14 heavy (non-hydrogen) atoms. The highest BCUT2D eigenvalue weighted by Gasteiger charge is 2.01. The van der Waals surface area contributed by atoms with E-state index >= 15 is 0 Å². The Morgan fingerprint density at radius 1 is 1.50 bits per heavy atom. The molecule has 0 fully saturated rings. The van der Waals surface area contributed by atoms with Gasteiger partial charge in [-0.05, 0) is 53.4 Å². The van der Waals surface area contributed by atoms with Crippen LogP contribution in [0.1, 0.15) is 18.1 Å². The zero-order chi connectivity index (χ0) is 10.6. The Balaban J connectivity index is 3.20. The van der Waals surface area contributed by atoms with Gasteiger partial charge in [0.15, 0.2) is 4.63 Å². The van der Waals surface area contributed by atoms with Crippen molar-refractivity contribution in [2.75, 3.05) is 0 Å². The summed E-state index contributed by atoms with van der Waals surface area (Å²) in [6.45, 7) is 1.98. The Kier molecular flexibility index (Phi) is 3.94. The Morgan fingerprint density at radius 2 is 2.21 bits per heavy atom. The SMILES string of the molecule is CCc1cc(C#N)ccc1N=C(Cl)Cl. The first kappa shape index (κ1) is 11.0. The van der Waals surface area contributed by atoms with Crippen LogP contribution in [0, 0.1) is 11.3 Å². The number of hydrogen-bond acceptors (Lipinski definition) is 2. The topological polar surface area (TPSA) is 36.1 Å². The summed E-state index contributed by atoms with van der Waals surface area (Å²) >= 11 is 10.9. The summed E-state index contributed by atoms with van der Waals surface area (Å²) in [4.78, 5) is 3.94. The third-order valence-electron chi connectivity index (χ3n) is 1.79. The fourth-order valence-corrected chi connectivity index (χ4v) is 1.32. The molecule has 0 aromatic heterocycles. The van der Waals surface area contributed by atoms with Gasteiger partial charge in [-0.15, -0.1) is 0 Å². The van der Waals surface area contributed by atoms with E-state index in [1.54, 1.807) is 18.2 Å². The van der Waals surface area contributed by atoms with Crippen molar-refractivity contribution in [2.24, 2.45) is 4.99 Å². The number of halogens is 2. The largest absolute Gasteiger partial charge is 0.225 e. The summed E-state index contributed by atoms with van der Waals surface area (Å²) in [6.07, 6.45) is 0.787. The average molecular weight is 227 g/mol. The Bertz CT molecular complexity index is 401. The lowest BCUT2D eigenvalue weighted by Crippen LogP contribution is -1.84. The summed E-state index contributed by atoms with van der Waals surface area (Å²) < 4.78 is -0.0237. The van der Waals surface area contributed by atoms with E-state index < -0.39 is 0 Å². The van der Waals surface area contributed by atoms with Crippen LogP contribution in [0.25, 0.3) is 0 Å². The van der Waals surface area contributed by atoms with E-state index in [-0.39, 0.29) is 4.63 Å². The van der Waals surface area contributed by atoms with Crippen LogP contribution in [-0.2, 0) is 6.42 Å². The minimum Gasteiger partial charge on any atom is -0.225 e. The van der Waals surface area contributed by atoms with Gasteiger partial charge in [0.1, 0.15) is 0 Å². The predicted molar refractivity (Wildman–Crippen MR) is 59.3 cm³/mol. The highest BCUT2D eigenvalue weighted by atomic mass is 35.5. The van der Waals surface area contributed by atoms with Gasteiger partial charge in [0.25, 0.3) is 0 Å². The van der Waals surface area contributed by atoms with Crippen LogP contribution in [-0.4, -0.2) is 4.63 Å². The van der Waals surface area contributed by atoms with Crippen LogP contribution in [0.4, 0.5) is 5.69 Å². The van der Waals surface area contributed by atoms with Crippen molar-refractivity contribution in [1.82, 2.24) is 0 Å². The first-order chi connectivity index (χ1) is 6.67. The second kappa shape index (κ2) is 4.99. The van der Waals surface area contributed by atoms with Crippen LogP contribution in [0.3, 0.4) is 0 Å². The lowest BCUT2D eigenvalue weighted by Gasteiger charge is -2.02. The second-order valence-corrected chi connectivity index (χ2v) is 3.57. The summed E-state index contributed by atoms with van der Waals surface area (Å²) in [5.74, 6) is 0. The predicted octanol–water partition coefficient (Wildman–Crippen LogP) is 3.59. The van der Waals surface area contributed by atoms with Crippen LogP contribution in [0.5, 0.6) is 0 Å². The lowest BCUT2D eigenvalue weighted by molar-refractivity contribution is 1.13. The molecule has 2 nitrogen and oxygen atoms in total. The summed E-state index contributed by atoms with van der Waals surface area (Å²) in [7, 11) is 0. The molecule has 0 saturated heterocycles. The molecule has 0 bridgehead atoms. The maximum Gasteiger partial charge on any atom is 0.197 e. The molecule has 0 heterocycles. The van der Waals surface area contributed by atoms with Gasteiger partial charge in [-0.3, -0.25) is 0 Å². The van der Waals surface area contributed by atoms with E-state index in [0.717, 1.165) is 12.0 Å². The van der Waals surface area contributed by atoms with Gasteiger partial charge >= 0.3 is 0 Å². The van der Waals surface area contributed by atoms with Crippen molar-refractivity contribution in [3.05, 3.63) is 29.3 Å². The smallest absolute Gasteiger partial charge is 0.197 e. The first-order valence-electron chi connectivity index (χ1n) is 4.10. The van der Waals surface area contributed by atoms with Gasteiger partial charge in [0, 0.05) is 0 Å². The third kappa shape index (κ3) is 2.73. The monoisotopic (exact) mass is 226 g/mol. The fraction of sp³-hybridized carbons (Fsp3) is 0.200. The van der Waals surface area contributed by atoms with Crippen molar-refractivity contribution in [2.45, 2.75) is 13.3 Å². The minimum absolute atomic E-state index is 0.0237. The molecule has 1 aromatic rings. The molecule has 0 radical (unpaired) electrons. The molecule has 0 aliphatic heterocycles. The van der Waals surface area contributed by atoms with Gasteiger partial charge in [0.2, 0.25) is 0 Å². The minimum atomic E-state index is -0.0237. The summed E-state index contributed by atoms with van der Waals surface area (Å²) in [5, 5.41) is 8.69. The Hall–Kier alpha value is -1.04. The van der Waals surface area contributed by atoms with Crippen molar-refractivity contribution in [1.29, 1.82) is 5.26 Å². The van der Waals surface area contributed by atoms with E-state index in [4.69, 9.17) is 28.5 Å². The average Bonchev–Trinajstić information content (AvgIpc) is 2.17. The van der Waals surface area contributed by atoms with Gasteiger partial charge in [-0.2, -0.15) is 5.26 Å². The highest BCUT2D eigenvalue weighted by Crippen LogP contribution is 2.22. The van der Waals surface area contributed by atoms with Crippen LogP contribution in [0.2, 0.25) is 0 Å². The molecule has 0 spiro atoms. The van der Waals surface area contributed by atoms with Crippen LogP contribution < -0.4 is 0 Å². The molecule has 0 amide bonds. The molecule has 72 valence electrons. The zero-order valence-corrected chi connectivity index (χ0v) is 9.10. The quantitative estimate of drug-likeness (QED) is 0.711. The number of hydrogen-bond donors (Lipinski definition) is 0. The van der Waals surface area contributed by atoms with E-state index in [0.29, 0.717) is 11.3 Å². The van der Waals surface area contributed by atoms with Crippen molar-refractivity contribution >= 4 is 33.5 Å². The molecule has 0 atom stereocenters. The molecule has 4 heteroatoms. The molecular formula is C10H8Cl2N2. The summed E-state index contributed by atoms with van der Waals surface area (Å²) in [5.41, 5.74) is 2.29. The molecule has 0 aliphatic rings. The number of rotatable bonds is 2. The third-order valence-corrected chi connectivity index (χ3v) is 1.96. The molecule has 0 saturated carbocycles. The van der Waals surface area contributed by atoms with E-state index in [1.165, 1.54) is 0 Å². The van der Waals surface area contributed by atoms with E-state index in [2.05, 4.69) is 11.1 Å². The number of nitriles is 1. The molecule has 0 aliphatic carbocycles. The van der Waals surface area contributed by atoms with E-state index in [1.807, 2.05) is 6.92 Å². The molecular weight excluding hydrogens is 219 g/mol. The molecule has 1 aromatic carbocycles. The number of aryl methyl sites for hydroxylation is 1. The highest BCUT2D eigenvalue weighted by molar-refractivity contribution is 6.95. The standard InChI is InChI=1S/C10H8Cl2N2/c1-2-8-5-7(6-13)3-4-9(8)14-10(11)12/h3-5H,2H2,1H3. The van der Waals surface area contributed by atoms with Crippen molar-refractivity contribution in [3.8, 4) is 6.07 Å². The Morgan fingerprint density at radius 3 is 2.71 bits per heavy atom. The fourth-order valence-electron chi connectivity index (χ4n) is 1.14. The number of benzene rings is 1. The normalized spacial score (nSPS) is 9.29. The van der Waals surface area contributed by atoms with Crippen molar-refractivity contribution in [3.63, 3.8) is 0 Å². The van der Waals surface area contributed by atoms with Gasteiger partial charge in [0.05, 0.1) is 17.3 Å².